The summed E-state index contributed by atoms with van der Waals surface area (Å²) < 4.78 is 18.4. The zero-order valence-corrected chi connectivity index (χ0v) is 19.4. The van der Waals surface area contributed by atoms with Gasteiger partial charge in [-0.3, -0.25) is 0 Å². The molecule has 172 valence electrons. The number of ether oxygens (including phenoxy) is 3. The van der Waals surface area contributed by atoms with Crippen LogP contribution >= 0.6 is 0 Å². The van der Waals surface area contributed by atoms with Gasteiger partial charge in [0.15, 0.2) is 11.8 Å². The maximum atomic E-state index is 5.89. The molecule has 0 aliphatic heterocycles. The molecule has 0 fully saturated rings. The number of aryl methyl sites for hydroxylation is 2. The smallest absolute Gasteiger partial charge is 0.191 e. The maximum absolute atomic E-state index is 5.89. The Kier molecular flexibility index (Phi) is 10.8. The SMILES string of the molecule is CCOCCCNC(=NCc1ccc(C)cc1OCCOC)NCc1nnc(C)n1C. The number of nitrogens with one attached hydrogen (secondary N) is 2. The van der Waals surface area contributed by atoms with E-state index in [0.29, 0.717) is 38.9 Å². The minimum absolute atomic E-state index is 0.487. The van der Waals surface area contributed by atoms with Crippen LogP contribution in [0.2, 0.25) is 0 Å². The number of methoxy groups -OCH3 is 1. The molecule has 2 N–H and O–H groups in total. The Morgan fingerprint density at radius 1 is 1.13 bits per heavy atom. The number of hydrogen-bond donors (Lipinski definition) is 2. The highest BCUT2D eigenvalue weighted by Gasteiger charge is 2.08. The van der Waals surface area contributed by atoms with Gasteiger partial charge in [-0.1, -0.05) is 12.1 Å². The highest BCUT2D eigenvalue weighted by Crippen LogP contribution is 2.21. The minimum Gasteiger partial charge on any atom is -0.491 e. The Balaban J connectivity index is 2.06. The van der Waals surface area contributed by atoms with Gasteiger partial charge >= 0.3 is 0 Å². The van der Waals surface area contributed by atoms with E-state index in [-0.39, 0.29) is 0 Å². The highest BCUT2D eigenvalue weighted by atomic mass is 16.5. The van der Waals surface area contributed by atoms with E-state index in [1.807, 2.05) is 38.5 Å². The Morgan fingerprint density at radius 3 is 2.68 bits per heavy atom. The molecular weight excluding hydrogens is 396 g/mol. The van der Waals surface area contributed by atoms with Crippen molar-refractivity contribution in [3.63, 3.8) is 0 Å². The average molecular weight is 433 g/mol. The molecule has 1 aromatic heterocycles. The quantitative estimate of drug-likeness (QED) is 0.284. The van der Waals surface area contributed by atoms with Crippen LogP contribution in [0.15, 0.2) is 23.2 Å². The summed E-state index contributed by atoms with van der Waals surface area (Å²) in [7, 11) is 3.62. The van der Waals surface area contributed by atoms with Crippen LogP contribution in [0.3, 0.4) is 0 Å². The van der Waals surface area contributed by atoms with Gasteiger partial charge in [0, 0.05) is 39.5 Å². The predicted molar refractivity (Wildman–Crippen MR) is 121 cm³/mol. The molecule has 0 aliphatic rings. The van der Waals surface area contributed by atoms with Crippen LogP contribution in [0.25, 0.3) is 0 Å². The van der Waals surface area contributed by atoms with Crippen molar-refractivity contribution in [2.24, 2.45) is 12.0 Å². The second-order valence-electron chi connectivity index (χ2n) is 7.17. The number of rotatable bonds is 13. The fraction of sp³-hybridized carbons (Fsp3) is 0.591. The standard InChI is InChI=1S/C22H36N6O3/c1-6-30-11-7-10-23-22(25-16-21-27-26-18(3)28(21)4)24-15-19-9-8-17(2)14-20(19)31-13-12-29-5/h8-9,14H,6-7,10-13,15-16H2,1-5H3,(H2,23,24,25). The lowest BCUT2D eigenvalue weighted by atomic mass is 10.1. The van der Waals surface area contributed by atoms with Crippen molar-refractivity contribution in [1.29, 1.82) is 0 Å². The van der Waals surface area contributed by atoms with Gasteiger partial charge in [0.05, 0.1) is 19.7 Å². The highest BCUT2D eigenvalue weighted by molar-refractivity contribution is 5.79. The van der Waals surface area contributed by atoms with Crippen molar-refractivity contribution >= 4 is 5.96 Å². The molecule has 0 unspecified atom stereocenters. The van der Waals surface area contributed by atoms with Gasteiger partial charge < -0.3 is 29.4 Å². The fourth-order valence-corrected chi connectivity index (χ4v) is 2.79. The molecule has 2 aromatic rings. The van der Waals surface area contributed by atoms with E-state index in [0.717, 1.165) is 48.1 Å². The molecule has 9 heteroatoms. The molecule has 0 atom stereocenters. The van der Waals surface area contributed by atoms with E-state index in [9.17, 15) is 0 Å². The summed E-state index contributed by atoms with van der Waals surface area (Å²) in [5, 5.41) is 15.0. The molecule has 31 heavy (non-hydrogen) atoms. The third-order valence-corrected chi connectivity index (χ3v) is 4.73. The number of aromatic nitrogens is 3. The lowest BCUT2D eigenvalue weighted by Gasteiger charge is -2.14. The van der Waals surface area contributed by atoms with E-state index in [1.165, 1.54) is 0 Å². The Bertz CT molecular complexity index is 822. The number of hydrogen-bond acceptors (Lipinski definition) is 6. The monoisotopic (exact) mass is 432 g/mol. The summed E-state index contributed by atoms with van der Waals surface area (Å²) in [6.07, 6.45) is 0.896. The summed E-state index contributed by atoms with van der Waals surface area (Å²) in [5.74, 6) is 3.26. The second kappa shape index (κ2) is 13.6. The Labute approximate surface area is 185 Å². The number of guanidine groups is 1. The van der Waals surface area contributed by atoms with Crippen molar-refractivity contribution in [2.75, 3.05) is 40.1 Å². The predicted octanol–water partition coefficient (Wildman–Crippen LogP) is 2.12. The largest absolute Gasteiger partial charge is 0.491 e. The summed E-state index contributed by atoms with van der Waals surface area (Å²) in [4.78, 5) is 4.77. The van der Waals surface area contributed by atoms with E-state index in [4.69, 9.17) is 19.2 Å². The van der Waals surface area contributed by atoms with Gasteiger partial charge in [0.1, 0.15) is 18.2 Å². The number of benzene rings is 1. The van der Waals surface area contributed by atoms with Crippen LogP contribution in [0.4, 0.5) is 0 Å². The lowest BCUT2D eigenvalue weighted by molar-refractivity contribution is 0.145. The Hall–Kier alpha value is -2.65. The minimum atomic E-state index is 0.487. The first-order valence-electron chi connectivity index (χ1n) is 10.7. The van der Waals surface area contributed by atoms with Crippen molar-refractivity contribution in [1.82, 2.24) is 25.4 Å². The summed E-state index contributed by atoms with van der Waals surface area (Å²) in [6, 6.07) is 6.16. The van der Waals surface area contributed by atoms with Gasteiger partial charge in [-0.2, -0.15) is 0 Å². The van der Waals surface area contributed by atoms with Crippen molar-refractivity contribution in [3.05, 3.63) is 41.0 Å². The third-order valence-electron chi connectivity index (χ3n) is 4.73. The van der Waals surface area contributed by atoms with Crippen LogP contribution in [0.1, 0.15) is 36.1 Å². The van der Waals surface area contributed by atoms with Gasteiger partial charge in [-0.05, 0) is 38.8 Å². The van der Waals surface area contributed by atoms with Crippen molar-refractivity contribution in [3.8, 4) is 5.75 Å². The molecule has 0 aliphatic carbocycles. The topological polar surface area (TPSA) is 94.8 Å². The van der Waals surface area contributed by atoms with Gasteiger partial charge in [-0.15, -0.1) is 10.2 Å². The maximum Gasteiger partial charge on any atom is 0.191 e. The normalized spacial score (nSPS) is 11.6. The zero-order valence-electron chi connectivity index (χ0n) is 19.4. The molecule has 0 bridgehead atoms. The number of nitrogens with zero attached hydrogens (tertiary/aromatic N) is 4. The van der Waals surface area contributed by atoms with E-state index in [1.54, 1.807) is 7.11 Å². The molecule has 2 rings (SSSR count). The van der Waals surface area contributed by atoms with Crippen LogP contribution < -0.4 is 15.4 Å². The molecule has 0 saturated heterocycles. The van der Waals surface area contributed by atoms with Crippen LogP contribution in [-0.2, 0) is 29.6 Å². The van der Waals surface area contributed by atoms with Crippen LogP contribution in [0, 0.1) is 13.8 Å². The van der Waals surface area contributed by atoms with E-state index in [2.05, 4.69) is 33.0 Å². The second-order valence-corrected chi connectivity index (χ2v) is 7.17. The van der Waals surface area contributed by atoms with Crippen LogP contribution in [-0.4, -0.2) is 60.8 Å². The van der Waals surface area contributed by atoms with Gasteiger partial charge in [0.25, 0.3) is 0 Å². The molecule has 0 amide bonds. The first kappa shape index (κ1) is 24.6. The summed E-state index contributed by atoms with van der Waals surface area (Å²) >= 11 is 0. The first-order valence-corrected chi connectivity index (χ1v) is 10.7. The molecule has 0 spiro atoms. The first-order chi connectivity index (χ1) is 15.0. The van der Waals surface area contributed by atoms with Crippen molar-refractivity contribution < 1.29 is 14.2 Å². The Morgan fingerprint density at radius 2 is 1.97 bits per heavy atom. The lowest BCUT2D eigenvalue weighted by Crippen LogP contribution is -2.38. The average Bonchev–Trinajstić information content (AvgIpc) is 3.08. The fourth-order valence-electron chi connectivity index (χ4n) is 2.79. The molecule has 1 heterocycles. The van der Waals surface area contributed by atoms with Crippen molar-refractivity contribution in [2.45, 2.75) is 40.3 Å². The summed E-state index contributed by atoms with van der Waals surface area (Å²) in [6.45, 7) is 10.2. The zero-order chi connectivity index (χ0) is 22.5. The molecular formula is C22H36N6O3. The van der Waals surface area contributed by atoms with E-state index < -0.39 is 0 Å². The third kappa shape index (κ3) is 8.55. The number of aliphatic imine (C=N–C) groups is 1. The van der Waals surface area contributed by atoms with Gasteiger partial charge in [-0.25, -0.2) is 4.99 Å². The molecule has 1 aromatic carbocycles. The van der Waals surface area contributed by atoms with Gasteiger partial charge in [0.2, 0.25) is 0 Å². The summed E-state index contributed by atoms with van der Waals surface area (Å²) in [5.41, 5.74) is 2.16. The molecule has 0 radical (unpaired) electrons. The molecule has 0 saturated carbocycles. The molecule has 9 nitrogen and oxygen atoms in total. The van der Waals surface area contributed by atoms with Crippen LogP contribution in [0.5, 0.6) is 5.75 Å². The van der Waals surface area contributed by atoms with E-state index >= 15 is 0 Å².